The van der Waals surface area contributed by atoms with Gasteiger partial charge in [0.05, 0.1) is 11.9 Å². The maximum absolute atomic E-state index is 14.5. The zero-order valence-electron chi connectivity index (χ0n) is 20.3. The Balaban J connectivity index is 1.46. The molecule has 2 saturated carbocycles. The van der Waals surface area contributed by atoms with Crippen molar-refractivity contribution in [2.45, 2.75) is 82.5 Å². The quantitative estimate of drug-likeness (QED) is 0.403. The second kappa shape index (κ2) is 10.3. The van der Waals surface area contributed by atoms with E-state index >= 15 is 0 Å². The van der Waals surface area contributed by atoms with Gasteiger partial charge in [-0.2, -0.15) is 4.98 Å². The van der Waals surface area contributed by atoms with Gasteiger partial charge in [-0.3, -0.25) is 9.36 Å². The van der Waals surface area contributed by atoms with E-state index in [1.54, 1.807) is 6.20 Å². The fourth-order valence-electron chi connectivity index (χ4n) is 5.32. The highest BCUT2D eigenvalue weighted by molar-refractivity contribution is 5.77. The molecule has 0 atom stereocenters. The van der Waals surface area contributed by atoms with Crippen LogP contribution in [0.15, 0.2) is 24.4 Å². The highest BCUT2D eigenvalue weighted by atomic mass is 19.1. The van der Waals surface area contributed by atoms with Crippen molar-refractivity contribution in [3.63, 3.8) is 0 Å². The molecule has 192 valence electrons. The highest BCUT2D eigenvalue weighted by Crippen LogP contribution is 2.35. The van der Waals surface area contributed by atoms with Gasteiger partial charge in [0.15, 0.2) is 5.65 Å². The molecule has 0 aliphatic heterocycles. The van der Waals surface area contributed by atoms with Gasteiger partial charge in [0.25, 0.3) is 0 Å². The van der Waals surface area contributed by atoms with Gasteiger partial charge in [-0.1, -0.05) is 0 Å². The van der Waals surface area contributed by atoms with Crippen molar-refractivity contribution in [3.8, 4) is 0 Å². The first-order valence-electron chi connectivity index (χ1n) is 12.6. The molecule has 0 unspecified atom stereocenters. The van der Waals surface area contributed by atoms with E-state index in [1.165, 1.54) is 19.1 Å². The summed E-state index contributed by atoms with van der Waals surface area (Å²) >= 11 is 0. The normalized spacial score (nSPS) is 24.4. The van der Waals surface area contributed by atoms with Gasteiger partial charge in [-0.25, -0.2) is 18.7 Å². The number of imidazole rings is 1. The molecular formula is C25H32F2N8O. The minimum absolute atomic E-state index is 0.0344. The Labute approximate surface area is 208 Å². The maximum atomic E-state index is 14.5. The fraction of sp³-hybridized carbons (Fsp3) is 0.520. The summed E-state index contributed by atoms with van der Waals surface area (Å²) in [7, 11) is 0. The number of halogens is 2. The number of benzene rings is 1. The Kier molecular flexibility index (Phi) is 6.99. The number of hydrogen-bond donors (Lipinski definition) is 4. The number of anilines is 3. The number of fused-ring (bicyclic) bond motifs is 1. The zero-order valence-corrected chi connectivity index (χ0v) is 20.3. The number of amides is 1. The Hall–Kier alpha value is -3.34. The van der Waals surface area contributed by atoms with E-state index in [1.807, 2.05) is 4.57 Å². The third-order valence-electron chi connectivity index (χ3n) is 7.18. The van der Waals surface area contributed by atoms with E-state index in [-0.39, 0.29) is 35.8 Å². The van der Waals surface area contributed by atoms with Crippen molar-refractivity contribution in [2.24, 2.45) is 5.73 Å². The number of hydrogen-bond acceptors (Lipinski definition) is 7. The lowest BCUT2D eigenvalue weighted by molar-refractivity contribution is -0.119. The molecular weight excluding hydrogens is 466 g/mol. The number of rotatable bonds is 6. The standard InChI is InChI=1S/C25H32F2N8O/c1-14(36)30-17-7-9-19(10-8-17)35-23-22(33-25(35)32-21-11-2-15(26)12-20(21)27)13-29-24(34-23)31-18-5-3-16(28)4-6-18/h2,11-13,16-19H,3-10,28H2,1H3,(H,30,36)(H,32,33)(H,29,31,34). The van der Waals surface area contributed by atoms with Crippen LogP contribution in [0.25, 0.3) is 11.2 Å². The summed E-state index contributed by atoms with van der Waals surface area (Å²) < 4.78 is 29.9. The molecule has 2 aliphatic rings. The molecule has 0 saturated heterocycles. The summed E-state index contributed by atoms with van der Waals surface area (Å²) in [5.41, 5.74) is 7.40. The molecule has 5 rings (SSSR count). The average Bonchev–Trinajstić information content (AvgIpc) is 3.20. The van der Waals surface area contributed by atoms with Crippen LogP contribution < -0.4 is 21.7 Å². The Morgan fingerprint density at radius 1 is 1.03 bits per heavy atom. The van der Waals surface area contributed by atoms with Crippen molar-refractivity contribution in [2.75, 3.05) is 10.6 Å². The number of nitrogens with one attached hydrogen (secondary N) is 3. The summed E-state index contributed by atoms with van der Waals surface area (Å²) in [5.74, 6) is -0.433. The number of aromatic nitrogens is 4. The molecule has 1 amide bonds. The second-order valence-corrected chi connectivity index (χ2v) is 9.92. The molecule has 5 N–H and O–H groups in total. The smallest absolute Gasteiger partial charge is 0.224 e. The van der Waals surface area contributed by atoms with Crippen LogP contribution in [0.5, 0.6) is 0 Å². The molecule has 36 heavy (non-hydrogen) atoms. The van der Waals surface area contributed by atoms with E-state index in [0.717, 1.165) is 57.4 Å². The predicted molar refractivity (Wildman–Crippen MR) is 134 cm³/mol. The molecule has 3 aromatic rings. The minimum Gasteiger partial charge on any atom is -0.354 e. The summed E-state index contributed by atoms with van der Waals surface area (Å²) in [6.07, 6.45) is 8.75. The van der Waals surface area contributed by atoms with Gasteiger partial charge in [0.1, 0.15) is 17.2 Å². The first-order chi connectivity index (χ1) is 17.4. The van der Waals surface area contributed by atoms with Crippen LogP contribution in [0.2, 0.25) is 0 Å². The van der Waals surface area contributed by atoms with Crippen molar-refractivity contribution in [3.05, 3.63) is 36.0 Å². The molecule has 0 radical (unpaired) electrons. The Morgan fingerprint density at radius 3 is 2.44 bits per heavy atom. The molecule has 0 bridgehead atoms. The topological polar surface area (TPSA) is 123 Å². The lowest BCUT2D eigenvalue weighted by Crippen LogP contribution is -2.36. The van der Waals surface area contributed by atoms with Crippen molar-refractivity contribution in [1.82, 2.24) is 24.8 Å². The lowest BCUT2D eigenvalue weighted by atomic mass is 9.91. The number of nitrogens with two attached hydrogens (primary N) is 1. The second-order valence-electron chi connectivity index (χ2n) is 9.92. The van der Waals surface area contributed by atoms with E-state index in [4.69, 9.17) is 10.7 Å². The molecule has 2 aromatic heterocycles. The first kappa shape index (κ1) is 24.4. The average molecular weight is 499 g/mol. The largest absolute Gasteiger partial charge is 0.354 e. The molecule has 2 heterocycles. The maximum Gasteiger partial charge on any atom is 0.224 e. The van der Waals surface area contributed by atoms with Crippen LogP contribution in [-0.4, -0.2) is 43.6 Å². The molecule has 2 fully saturated rings. The van der Waals surface area contributed by atoms with Gasteiger partial charge in [-0.05, 0) is 63.5 Å². The zero-order chi connectivity index (χ0) is 25.2. The molecule has 11 heteroatoms. The third kappa shape index (κ3) is 5.40. The number of carbonyl (C=O) groups excluding carboxylic acids is 1. The van der Waals surface area contributed by atoms with Gasteiger partial charge in [-0.15, -0.1) is 0 Å². The summed E-state index contributed by atoms with van der Waals surface area (Å²) in [6.45, 7) is 1.53. The van der Waals surface area contributed by atoms with Crippen LogP contribution in [0, 0.1) is 11.6 Å². The molecule has 2 aliphatic carbocycles. The van der Waals surface area contributed by atoms with Crippen LogP contribution in [0.4, 0.5) is 26.4 Å². The van der Waals surface area contributed by atoms with Crippen molar-refractivity contribution in [1.29, 1.82) is 0 Å². The number of carbonyl (C=O) groups is 1. The van der Waals surface area contributed by atoms with Crippen LogP contribution >= 0.6 is 0 Å². The Bertz CT molecular complexity index is 1230. The highest BCUT2D eigenvalue weighted by Gasteiger charge is 2.28. The third-order valence-corrected chi connectivity index (χ3v) is 7.18. The fourth-order valence-corrected chi connectivity index (χ4v) is 5.32. The van der Waals surface area contributed by atoms with Crippen LogP contribution in [-0.2, 0) is 4.79 Å². The Morgan fingerprint density at radius 2 is 1.75 bits per heavy atom. The van der Waals surface area contributed by atoms with Crippen molar-refractivity contribution < 1.29 is 13.6 Å². The predicted octanol–water partition coefficient (Wildman–Crippen LogP) is 4.15. The summed E-state index contributed by atoms with van der Waals surface area (Å²) in [5, 5.41) is 9.48. The number of nitrogens with zero attached hydrogens (tertiary/aromatic N) is 4. The van der Waals surface area contributed by atoms with E-state index in [0.29, 0.717) is 23.1 Å². The van der Waals surface area contributed by atoms with Crippen LogP contribution in [0.3, 0.4) is 0 Å². The molecule has 1 aromatic carbocycles. The SMILES string of the molecule is CC(=O)NC1CCC(n2c(Nc3ccc(F)cc3F)nc3cnc(NC4CCC(N)CC4)nc32)CC1. The van der Waals surface area contributed by atoms with Gasteiger partial charge >= 0.3 is 0 Å². The van der Waals surface area contributed by atoms with E-state index < -0.39 is 11.6 Å². The van der Waals surface area contributed by atoms with E-state index in [9.17, 15) is 13.6 Å². The van der Waals surface area contributed by atoms with Crippen LogP contribution in [0.1, 0.15) is 64.3 Å². The minimum atomic E-state index is -0.702. The molecule has 0 spiro atoms. The van der Waals surface area contributed by atoms with Gasteiger partial charge in [0, 0.05) is 37.2 Å². The van der Waals surface area contributed by atoms with Gasteiger partial charge < -0.3 is 21.7 Å². The van der Waals surface area contributed by atoms with Gasteiger partial charge in [0.2, 0.25) is 17.8 Å². The summed E-state index contributed by atoms with van der Waals surface area (Å²) in [4.78, 5) is 25.4. The van der Waals surface area contributed by atoms with E-state index in [2.05, 4.69) is 25.9 Å². The monoisotopic (exact) mass is 498 g/mol. The van der Waals surface area contributed by atoms with Crippen molar-refractivity contribution >= 4 is 34.7 Å². The summed E-state index contributed by atoms with van der Waals surface area (Å²) in [6, 6.07) is 4.08. The lowest BCUT2D eigenvalue weighted by Gasteiger charge is -2.31. The first-order valence-corrected chi connectivity index (χ1v) is 12.6. The molecule has 9 nitrogen and oxygen atoms in total.